The summed E-state index contributed by atoms with van der Waals surface area (Å²) in [6, 6.07) is 0. The largest absolute Gasteiger partial charge is 0.466 e. The molecule has 0 radical (unpaired) electrons. The molecule has 0 spiro atoms. The summed E-state index contributed by atoms with van der Waals surface area (Å²) < 4.78 is 4.70. The molecule has 0 amide bonds. The van der Waals surface area contributed by atoms with Gasteiger partial charge in [-0.15, -0.1) is 0 Å². The van der Waals surface area contributed by atoms with Crippen molar-refractivity contribution in [1.29, 1.82) is 0 Å². The summed E-state index contributed by atoms with van der Waals surface area (Å²) in [4.78, 5) is 10.8. The highest BCUT2D eigenvalue weighted by Crippen LogP contribution is 2.03. The van der Waals surface area contributed by atoms with Crippen molar-refractivity contribution in [2.75, 3.05) is 6.61 Å². The zero-order valence-electron chi connectivity index (χ0n) is 6.81. The van der Waals surface area contributed by atoms with Crippen molar-refractivity contribution in [3.63, 3.8) is 0 Å². The predicted octanol–water partition coefficient (Wildman–Crippen LogP) is 0.677. The number of hydrogen-bond acceptors (Lipinski definition) is 3. The summed E-state index contributed by atoms with van der Waals surface area (Å²) in [5.41, 5.74) is 5.11. The molecule has 0 saturated heterocycles. The van der Waals surface area contributed by atoms with Gasteiger partial charge in [0.15, 0.2) is 0 Å². The summed E-state index contributed by atoms with van der Waals surface area (Å²) in [5, 5.41) is 0. The molecular formula is C7H15NO2. The lowest BCUT2D eigenvalue weighted by Gasteiger charge is -2.16. The first-order valence-electron chi connectivity index (χ1n) is 3.40. The van der Waals surface area contributed by atoms with Crippen LogP contribution in [0.15, 0.2) is 0 Å². The fourth-order valence-corrected chi connectivity index (χ4v) is 0.584. The molecule has 0 aliphatic rings. The molecule has 0 bridgehead atoms. The third-order valence-electron chi connectivity index (χ3n) is 0.905. The Labute approximate surface area is 61.5 Å². The molecule has 0 aliphatic carbocycles. The fourth-order valence-electron chi connectivity index (χ4n) is 0.584. The molecule has 0 aliphatic heterocycles. The van der Waals surface area contributed by atoms with Gasteiger partial charge in [0, 0.05) is 5.54 Å². The number of hydrogen-bond donors (Lipinski definition) is 1. The van der Waals surface area contributed by atoms with Crippen molar-refractivity contribution in [2.24, 2.45) is 5.73 Å². The first-order chi connectivity index (χ1) is 4.45. The lowest BCUT2D eigenvalue weighted by molar-refractivity contribution is -0.144. The van der Waals surface area contributed by atoms with Gasteiger partial charge in [-0.3, -0.25) is 4.79 Å². The molecule has 0 unspecified atom stereocenters. The summed E-state index contributed by atoms with van der Waals surface area (Å²) in [7, 11) is 0. The molecule has 0 aromatic rings. The van der Waals surface area contributed by atoms with Crippen LogP contribution in [0.5, 0.6) is 0 Å². The van der Waals surface area contributed by atoms with Gasteiger partial charge in [0.2, 0.25) is 0 Å². The minimum absolute atomic E-state index is 0.227. The molecule has 2 N–H and O–H groups in total. The first kappa shape index (κ1) is 9.43. The van der Waals surface area contributed by atoms with E-state index in [1.807, 2.05) is 0 Å². The fraction of sp³-hybridized carbons (Fsp3) is 0.857. The van der Waals surface area contributed by atoms with Crippen molar-refractivity contribution in [3.05, 3.63) is 0 Å². The predicted molar refractivity (Wildman–Crippen MR) is 39.5 cm³/mol. The van der Waals surface area contributed by atoms with Crippen molar-refractivity contribution in [1.82, 2.24) is 0 Å². The van der Waals surface area contributed by atoms with E-state index in [0.717, 1.165) is 0 Å². The molecule has 0 heterocycles. The minimum Gasteiger partial charge on any atom is -0.466 e. The van der Waals surface area contributed by atoms with E-state index in [4.69, 9.17) is 10.5 Å². The molecule has 60 valence electrons. The van der Waals surface area contributed by atoms with Crippen molar-refractivity contribution in [3.8, 4) is 0 Å². The first-order valence-corrected chi connectivity index (χ1v) is 3.40. The molecule has 0 rings (SSSR count). The van der Waals surface area contributed by atoms with Gasteiger partial charge in [-0.1, -0.05) is 0 Å². The third kappa shape index (κ3) is 5.56. The molecule has 3 heteroatoms. The van der Waals surface area contributed by atoms with Crippen LogP contribution in [-0.2, 0) is 9.53 Å². The van der Waals surface area contributed by atoms with E-state index in [-0.39, 0.29) is 12.4 Å². The van der Waals surface area contributed by atoms with Crippen molar-refractivity contribution in [2.45, 2.75) is 32.7 Å². The Morgan fingerprint density at radius 1 is 1.60 bits per heavy atom. The van der Waals surface area contributed by atoms with Gasteiger partial charge >= 0.3 is 5.97 Å². The van der Waals surface area contributed by atoms with E-state index in [1.165, 1.54) is 0 Å². The highest BCUT2D eigenvalue weighted by atomic mass is 16.5. The number of rotatable bonds is 3. The number of nitrogens with two attached hydrogens (primary N) is 1. The molecule has 0 aromatic heterocycles. The Morgan fingerprint density at radius 2 is 2.10 bits per heavy atom. The van der Waals surface area contributed by atoms with Gasteiger partial charge in [-0.05, 0) is 20.8 Å². The number of ether oxygens (including phenoxy) is 1. The number of carbonyl (C=O) groups excluding carboxylic acids is 1. The second-order valence-electron chi connectivity index (χ2n) is 2.97. The van der Waals surface area contributed by atoms with Crippen LogP contribution < -0.4 is 5.73 Å². The number of esters is 1. The van der Waals surface area contributed by atoms with Crippen LogP contribution in [0, 0.1) is 0 Å². The molecule has 3 nitrogen and oxygen atoms in total. The van der Waals surface area contributed by atoms with Crippen LogP contribution in [0.1, 0.15) is 27.2 Å². The maximum atomic E-state index is 10.8. The third-order valence-corrected chi connectivity index (χ3v) is 0.905. The van der Waals surface area contributed by atoms with Gasteiger partial charge in [-0.25, -0.2) is 0 Å². The Bertz CT molecular complexity index is 115. The zero-order chi connectivity index (χ0) is 8.20. The smallest absolute Gasteiger partial charge is 0.307 e. The van der Waals surface area contributed by atoms with Crippen LogP contribution >= 0.6 is 0 Å². The Hall–Kier alpha value is -0.570. The molecule has 0 fully saturated rings. The number of carbonyl (C=O) groups is 1. The van der Waals surface area contributed by atoms with E-state index in [9.17, 15) is 4.79 Å². The topological polar surface area (TPSA) is 52.3 Å². The van der Waals surface area contributed by atoms with Crippen LogP contribution in [0.25, 0.3) is 0 Å². The minimum atomic E-state index is -0.452. The highest BCUT2D eigenvalue weighted by Gasteiger charge is 2.16. The molecular weight excluding hydrogens is 130 g/mol. The molecule has 0 saturated carbocycles. The quantitative estimate of drug-likeness (QED) is 0.594. The van der Waals surface area contributed by atoms with E-state index in [2.05, 4.69) is 0 Å². The lowest BCUT2D eigenvalue weighted by atomic mass is 10.0. The molecule has 0 atom stereocenters. The summed E-state index contributed by atoms with van der Waals surface area (Å²) in [6.45, 7) is 5.80. The summed E-state index contributed by atoms with van der Waals surface area (Å²) in [6.07, 6.45) is 0.279. The molecule has 0 aromatic carbocycles. The van der Waals surface area contributed by atoms with E-state index < -0.39 is 5.54 Å². The molecule has 10 heavy (non-hydrogen) atoms. The van der Waals surface area contributed by atoms with E-state index in [1.54, 1.807) is 20.8 Å². The summed E-state index contributed by atoms with van der Waals surface area (Å²) >= 11 is 0. The monoisotopic (exact) mass is 145 g/mol. The average Bonchev–Trinajstić information content (AvgIpc) is 1.59. The van der Waals surface area contributed by atoms with E-state index in [0.29, 0.717) is 6.61 Å². The highest BCUT2D eigenvalue weighted by molar-refractivity contribution is 5.70. The van der Waals surface area contributed by atoms with Gasteiger partial charge in [0.25, 0.3) is 0 Å². The Balaban J connectivity index is 3.58. The van der Waals surface area contributed by atoms with Crippen LogP contribution in [0.3, 0.4) is 0 Å². The van der Waals surface area contributed by atoms with Gasteiger partial charge < -0.3 is 10.5 Å². The maximum absolute atomic E-state index is 10.8. The normalized spacial score (nSPS) is 11.2. The van der Waals surface area contributed by atoms with Crippen LogP contribution in [-0.4, -0.2) is 18.1 Å². The Kier molecular flexibility index (Phi) is 3.36. The van der Waals surface area contributed by atoms with E-state index >= 15 is 0 Å². The van der Waals surface area contributed by atoms with Crippen LogP contribution in [0.4, 0.5) is 0 Å². The lowest BCUT2D eigenvalue weighted by Crippen LogP contribution is -2.35. The SMILES string of the molecule is CCOC(=O)CC(C)(C)N. The Morgan fingerprint density at radius 3 is 2.40 bits per heavy atom. The van der Waals surface area contributed by atoms with Gasteiger partial charge in [-0.2, -0.15) is 0 Å². The zero-order valence-corrected chi connectivity index (χ0v) is 6.81. The van der Waals surface area contributed by atoms with Gasteiger partial charge in [0.05, 0.1) is 13.0 Å². The summed E-state index contributed by atoms with van der Waals surface area (Å²) in [5.74, 6) is -0.227. The average molecular weight is 145 g/mol. The second-order valence-corrected chi connectivity index (χ2v) is 2.97. The van der Waals surface area contributed by atoms with Crippen LogP contribution in [0.2, 0.25) is 0 Å². The van der Waals surface area contributed by atoms with Crippen molar-refractivity contribution >= 4 is 5.97 Å². The second kappa shape index (κ2) is 3.56. The van der Waals surface area contributed by atoms with Crippen molar-refractivity contribution < 1.29 is 9.53 Å². The maximum Gasteiger partial charge on any atom is 0.307 e. The standard InChI is InChI=1S/C7H15NO2/c1-4-10-6(9)5-7(2,3)8/h4-5,8H2,1-3H3. The van der Waals surface area contributed by atoms with Gasteiger partial charge in [0.1, 0.15) is 0 Å².